The van der Waals surface area contributed by atoms with Crippen molar-refractivity contribution in [3.63, 3.8) is 0 Å². The lowest BCUT2D eigenvalue weighted by Crippen LogP contribution is -2.30. The van der Waals surface area contributed by atoms with Gasteiger partial charge in [0.1, 0.15) is 19.3 Å². The number of phosphoric ester groups is 2. The van der Waals surface area contributed by atoms with E-state index in [0.717, 1.165) is 114 Å². The third kappa shape index (κ3) is 70.3. The smallest absolute Gasteiger partial charge is 0.462 e. The van der Waals surface area contributed by atoms with Crippen molar-refractivity contribution in [3.8, 4) is 0 Å². The van der Waals surface area contributed by atoms with Gasteiger partial charge in [-0.3, -0.25) is 37.3 Å². The zero-order valence-corrected chi connectivity index (χ0v) is 64.1. The van der Waals surface area contributed by atoms with Crippen molar-refractivity contribution < 1.29 is 80.2 Å². The van der Waals surface area contributed by atoms with E-state index in [1.165, 1.54) is 180 Å². The summed E-state index contributed by atoms with van der Waals surface area (Å²) in [6.45, 7) is 14.1. The summed E-state index contributed by atoms with van der Waals surface area (Å²) in [7, 11) is -9.91. The summed E-state index contributed by atoms with van der Waals surface area (Å²) < 4.78 is 68.5. The average molecular weight is 1400 g/mol. The summed E-state index contributed by atoms with van der Waals surface area (Å²) in [5.74, 6) is 0.875. The number of aliphatic hydroxyl groups excluding tert-OH is 1. The highest BCUT2D eigenvalue weighted by atomic mass is 31.2. The van der Waals surface area contributed by atoms with Crippen molar-refractivity contribution in [3.05, 3.63) is 0 Å². The van der Waals surface area contributed by atoms with E-state index in [0.29, 0.717) is 31.6 Å². The largest absolute Gasteiger partial charge is 0.472 e. The number of carbonyl (C=O) groups is 4. The fraction of sp³-hybridized carbons (Fsp3) is 0.947. The molecule has 5 atom stereocenters. The van der Waals surface area contributed by atoms with E-state index in [1.807, 2.05) is 0 Å². The number of esters is 4. The van der Waals surface area contributed by atoms with Crippen LogP contribution in [0.4, 0.5) is 0 Å². The fourth-order valence-corrected chi connectivity index (χ4v) is 13.1. The zero-order chi connectivity index (χ0) is 70.3. The summed E-state index contributed by atoms with van der Waals surface area (Å²) in [5.41, 5.74) is 0. The molecule has 0 aliphatic heterocycles. The molecule has 0 aromatic rings. The van der Waals surface area contributed by atoms with E-state index in [9.17, 15) is 43.2 Å². The molecule has 0 aliphatic rings. The number of rotatable bonds is 73. The highest BCUT2D eigenvalue weighted by molar-refractivity contribution is 7.47. The van der Waals surface area contributed by atoms with Crippen LogP contribution >= 0.6 is 15.6 Å². The predicted octanol–water partition coefficient (Wildman–Crippen LogP) is 22.0. The molecule has 0 aliphatic carbocycles. The van der Waals surface area contributed by atoms with Gasteiger partial charge in [-0.05, 0) is 49.4 Å². The number of ether oxygens (including phenoxy) is 4. The molecule has 564 valence electrons. The van der Waals surface area contributed by atoms with E-state index in [2.05, 4.69) is 55.4 Å². The number of phosphoric acid groups is 2. The summed E-state index contributed by atoms with van der Waals surface area (Å²) in [6.07, 6.45) is 50.2. The van der Waals surface area contributed by atoms with Crippen LogP contribution in [0.3, 0.4) is 0 Å². The lowest BCUT2D eigenvalue weighted by Gasteiger charge is -2.21. The molecule has 3 unspecified atom stereocenters. The van der Waals surface area contributed by atoms with Crippen molar-refractivity contribution >= 4 is 39.5 Å². The van der Waals surface area contributed by atoms with E-state index >= 15 is 0 Å². The van der Waals surface area contributed by atoms with Crippen LogP contribution in [0.1, 0.15) is 383 Å². The van der Waals surface area contributed by atoms with Crippen LogP contribution in [0, 0.1) is 23.7 Å². The van der Waals surface area contributed by atoms with Crippen LogP contribution < -0.4 is 0 Å². The molecule has 0 saturated carbocycles. The van der Waals surface area contributed by atoms with Crippen LogP contribution in [0.25, 0.3) is 0 Å². The third-order valence-corrected chi connectivity index (χ3v) is 19.5. The Balaban J connectivity index is 5.18. The summed E-state index contributed by atoms with van der Waals surface area (Å²) >= 11 is 0. The molecule has 0 radical (unpaired) electrons. The van der Waals surface area contributed by atoms with Gasteiger partial charge in [-0.15, -0.1) is 0 Å². The van der Waals surface area contributed by atoms with E-state index < -0.39 is 97.5 Å². The average Bonchev–Trinajstić information content (AvgIpc) is 1.65. The first kappa shape index (κ1) is 93.1. The second-order valence-electron chi connectivity index (χ2n) is 29.3. The standard InChI is InChI=1S/C76H148O17P2/c1-66(2)52-44-36-28-22-18-14-10-9-11-16-20-24-31-40-48-56-73(78)86-62-71(93-76(81)59-51-43-33-27-26-30-38-46-54-68(5)6)64-90-94(82,83)88-60-70(77)61-89-95(84,85)91-65-72(63-87-74(79)57-49-41-35-34-39-47-55-69(7)8)92-75(80)58-50-42-32-25-21-17-13-12-15-19-23-29-37-45-53-67(3)4/h66-72,77H,9-65H2,1-8H3,(H,82,83)(H,84,85)/t70?,71-,72-/m1/s1. The van der Waals surface area contributed by atoms with Gasteiger partial charge < -0.3 is 33.8 Å². The summed E-state index contributed by atoms with van der Waals surface area (Å²) in [4.78, 5) is 72.7. The minimum absolute atomic E-state index is 0.104. The second kappa shape index (κ2) is 65.4. The van der Waals surface area contributed by atoms with Crippen LogP contribution in [0.2, 0.25) is 0 Å². The van der Waals surface area contributed by atoms with Crippen molar-refractivity contribution in [1.29, 1.82) is 0 Å². The van der Waals surface area contributed by atoms with E-state index in [1.54, 1.807) is 0 Å². The number of unbranched alkanes of at least 4 members (excludes halogenated alkanes) is 39. The van der Waals surface area contributed by atoms with Crippen LogP contribution in [-0.4, -0.2) is 96.7 Å². The Labute approximate surface area is 581 Å². The number of hydrogen-bond donors (Lipinski definition) is 3. The molecule has 0 saturated heterocycles. The van der Waals surface area contributed by atoms with E-state index in [4.69, 9.17) is 37.0 Å². The Morgan fingerprint density at radius 3 is 0.653 bits per heavy atom. The predicted molar refractivity (Wildman–Crippen MR) is 386 cm³/mol. The van der Waals surface area contributed by atoms with Gasteiger partial charge in [0.25, 0.3) is 0 Å². The van der Waals surface area contributed by atoms with Gasteiger partial charge in [-0.1, -0.05) is 331 Å². The minimum Gasteiger partial charge on any atom is -0.462 e. The van der Waals surface area contributed by atoms with Gasteiger partial charge in [0.05, 0.1) is 26.4 Å². The molecular formula is C76H148O17P2. The van der Waals surface area contributed by atoms with Gasteiger partial charge in [0.15, 0.2) is 12.2 Å². The molecule has 0 amide bonds. The van der Waals surface area contributed by atoms with Crippen LogP contribution in [-0.2, 0) is 65.4 Å². The van der Waals surface area contributed by atoms with Gasteiger partial charge in [-0.25, -0.2) is 9.13 Å². The monoisotopic (exact) mass is 1400 g/mol. The lowest BCUT2D eigenvalue weighted by molar-refractivity contribution is -0.161. The quantitative estimate of drug-likeness (QED) is 0.0222. The first-order valence-electron chi connectivity index (χ1n) is 39.2. The number of aliphatic hydroxyl groups is 1. The van der Waals surface area contributed by atoms with Gasteiger partial charge >= 0.3 is 39.5 Å². The first-order chi connectivity index (χ1) is 45.6. The van der Waals surface area contributed by atoms with Crippen molar-refractivity contribution in [2.24, 2.45) is 23.7 Å². The summed E-state index contributed by atoms with van der Waals surface area (Å²) in [6, 6.07) is 0. The molecule has 0 aromatic heterocycles. The molecule has 0 spiro atoms. The molecule has 0 bridgehead atoms. The Morgan fingerprint density at radius 1 is 0.263 bits per heavy atom. The van der Waals surface area contributed by atoms with Gasteiger partial charge in [-0.2, -0.15) is 0 Å². The molecule has 17 nitrogen and oxygen atoms in total. The van der Waals surface area contributed by atoms with Crippen LogP contribution in [0.5, 0.6) is 0 Å². The van der Waals surface area contributed by atoms with Crippen LogP contribution in [0.15, 0.2) is 0 Å². The Bertz CT molecular complexity index is 1870. The minimum atomic E-state index is -4.96. The molecule has 0 aromatic carbocycles. The Kier molecular flexibility index (Phi) is 64.0. The summed E-state index contributed by atoms with van der Waals surface area (Å²) in [5, 5.41) is 10.6. The third-order valence-electron chi connectivity index (χ3n) is 17.6. The maximum Gasteiger partial charge on any atom is 0.472 e. The maximum absolute atomic E-state index is 13.1. The lowest BCUT2D eigenvalue weighted by atomic mass is 10.0. The highest BCUT2D eigenvalue weighted by Gasteiger charge is 2.30. The highest BCUT2D eigenvalue weighted by Crippen LogP contribution is 2.45. The molecular weight excluding hydrogens is 1250 g/mol. The Morgan fingerprint density at radius 2 is 0.442 bits per heavy atom. The van der Waals surface area contributed by atoms with E-state index in [-0.39, 0.29) is 25.7 Å². The molecule has 19 heteroatoms. The van der Waals surface area contributed by atoms with Crippen molar-refractivity contribution in [2.75, 3.05) is 39.6 Å². The SMILES string of the molecule is CC(C)CCCCCCCCCCCCCCCCCC(=O)OC[C@H](COP(=O)(O)OCC(O)COP(=O)(O)OC[C@@H](COC(=O)CCCCCCCCC(C)C)OC(=O)CCCCCCCCCCCCCCCCC(C)C)OC(=O)CCCCCCCCCCC(C)C. The molecule has 0 fully saturated rings. The van der Waals surface area contributed by atoms with Gasteiger partial charge in [0.2, 0.25) is 0 Å². The molecule has 0 heterocycles. The molecule has 3 N–H and O–H groups in total. The second-order valence-corrected chi connectivity index (χ2v) is 32.2. The number of carbonyl (C=O) groups excluding carboxylic acids is 4. The van der Waals surface area contributed by atoms with Crippen molar-refractivity contribution in [1.82, 2.24) is 0 Å². The normalized spacial score (nSPS) is 14.1. The Hall–Kier alpha value is -1.94. The molecule has 95 heavy (non-hydrogen) atoms. The zero-order valence-electron chi connectivity index (χ0n) is 62.3. The number of hydrogen-bond acceptors (Lipinski definition) is 15. The maximum atomic E-state index is 13.1. The van der Waals surface area contributed by atoms with Gasteiger partial charge in [0, 0.05) is 25.7 Å². The fourth-order valence-electron chi connectivity index (χ4n) is 11.6. The first-order valence-corrected chi connectivity index (χ1v) is 42.2. The van der Waals surface area contributed by atoms with Crippen molar-refractivity contribution in [2.45, 2.75) is 401 Å². The topological polar surface area (TPSA) is 237 Å². The molecule has 0 rings (SSSR count).